The lowest BCUT2D eigenvalue weighted by molar-refractivity contribution is -0.141. The van der Waals surface area contributed by atoms with Crippen LogP contribution in [0, 0.1) is 22.9 Å². The maximum atomic E-state index is 13.9. The van der Waals surface area contributed by atoms with Gasteiger partial charge >= 0.3 is 5.97 Å². The number of carbonyl (C=O) groups is 1. The van der Waals surface area contributed by atoms with E-state index in [-0.39, 0.29) is 13.0 Å². The van der Waals surface area contributed by atoms with Crippen LogP contribution in [-0.4, -0.2) is 73.5 Å². The van der Waals surface area contributed by atoms with Crippen LogP contribution in [0.1, 0.15) is 43.8 Å². The third-order valence-electron chi connectivity index (χ3n) is 7.93. The second-order valence-electron chi connectivity index (χ2n) is 10.8. The molecule has 0 radical (unpaired) electrons. The number of aliphatic carboxylic acids is 1. The molecule has 2 aromatic carbocycles. The van der Waals surface area contributed by atoms with E-state index in [1.807, 2.05) is 37.2 Å². The van der Waals surface area contributed by atoms with Crippen LogP contribution in [0.5, 0.6) is 11.5 Å². The van der Waals surface area contributed by atoms with E-state index in [1.165, 1.54) is 0 Å². The summed E-state index contributed by atoms with van der Waals surface area (Å²) in [6.07, 6.45) is 2.87. The first-order valence-corrected chi connectivity index (χ1v) is 13.6. The zero-order valence-corrected chi connectivity index (χ0v) is 23.5. The number of methoxy groups -OCH3 is 1. The number of hydrogen-bond donors (Lipinski definition) is 2. The molecular formula is C30H36F3N3O5. The summed E-state index contributed by atoms with van der Waals surface area (Å²) in [7, 11) is 5.34. The second kappa shape index (κ2) is 12.9. The molecule has 1 aromatic heterocycles. The number of aromatic nitrogens is 1. The molecule has 8 nitrogen and oxygen atoms in total. The van der Waals surface area contributed by atoms with Crippen molar-refractivity contribution in [3.63, 3.8) is 0 Å². The summed E-state index contributed by atoms with van der Waals surface area (Å²) in [6.45, 7) is 1.56. The fraction of sp³-hybridized carbons (Fsp3) is 0.467. The maximum absolute atomic E-state index is 13.9. The van der Waals surface area contributed by atoms with Gasteiger partial charge in [-0.1, -0.05) is 0 Å². The lowest BCUT2D eigenvalue weighted by atomic mass is 9.71. The number of carboxylic acids is 1. The van der Waals surface area contributed by atoms with Crippen molar-refractivity contribution < 1.29 is 37.7 Å². The van der Waals surface area contributed by atoms with Gasteiger partial charge in [0, 0.05) is 43.7 Å². The van der Waals surface area contributed by atoms with E-state index in [0.717, 1.165) is 28.2 Å². The summed E-state index contributed by atoms with van der Waals surface area (Å²) in [4.78, 5) is 20.3. The van der Waals surface area contributed by atoms with Gasteiger partial charge in [-0.2, -0.15) is 4.39 Å². The van der Waals surface area contributed by atoms with E-state index in [1.54, 1.807) is 13.3 Å². The van der Waals surface area contributed by atoms with Crippen molar-refractivity contribution in [1.82, 2.24) is 9.88 Å². The highest BCUT2D eigenvalue weighted by molar-refractivity contribution is 5.88. The van der Waals surface area contributed by atoms with Gasteiger partial charge in [0.15, 0.2) is 11.6 Å². The van der Waals surface area contributed by atoms with Crippen LogP contribution in [0.4, 0.5) is 18.9 Å². The number of rotatable bonds is 12. The Kier molecular flexibility index (Phi) is 9.60. The quantitative estimate of drug-likeness (QED) is 0.286. The van der Waals surface area contributed by atoms with Gasteiger partial charge < -0.3 is 24.6 Å². The number of nitrogens with zero attached hydrogens (tertiary/aromatic N) is 3. The minimum absolute atomic E-state index is 0.0242. The van der Waals surface area contributed by atoms with E-state index in [0.29, 0.717) is 57.1 Å². The van der Waals surface area contributed by atoms with Crippen LogP contribution in [0.2, 0.25) is 0 Å². The molecule has 1 saturated heterocycles. The average Bonchev–Trinajstić information content (AvgIpc) is 2.94. The van der Waals surface area contributed by atoms with Gasteiger partial charge in [0.25, 0.3) is 0 Å². The van der Waals surface area contributed by atoms with Crippen molar-refractivity contribution >= 4 is 22.6 Å². The fourth-order valence-electron chi connectivity index (χ4n) is 5.61. The third-order valence-corrected chi connectivity index (χ3v) is 7.93. The number of likely N-dealkylation sites (tertiary alicyclic amines) is 1. The van der Waals surface area contributed by atoms with Crippen LogP contribution in [0.3, 0.4) is 0 Å². The number of anilines is 1. The largest absolute Gasteiger partial charge is 0.497 e. The molecule has 0 unspecified atom stereocenters. The Bertz CT molecular complexity index is 1380. The topological polar surface area (TPSA) is 95.4 Å². The molecule has 3 aromatic rings. The van der Waals surface area contributed by atoms with Crippen molar-refractivity contribution in [2.45, 2.75) is 38.2 Å². The predicted octanol–water partition coefficient (Wildman–Crippen LogP) is 5.18. The Labute approximate surface area is 237 Å². The normalized spacial score (nSPS) is 16.0. The number of benzene rings is 2. The molecule has 41 heavy (non-hydrogen) atoms. The number of hydrogen-bond acceptors (Lipinski definition) is 7. The lowest BCUT2D eigenvalue weighted by Gasteiger charge is -2.41. The number of aliphatic hydroxyl groups is 1. The number of pyridine rings is 1. The smallest absolute Gasteiger partial charge is 0.303 e. The highest BCUT2D eigenvalue weighted by Gasteiger charge is 2.37. The van der Waals surface area contributed by atoms with Crippen LogP contribution < -0.4 is 14.4 Å². The highest BCUT2D eigenvalue weighted by atomic mass is 19.2. The molecule has 1 aliphatic rings. The van der Waals surface area contributed by atoms with Crippen LogP contribution in [0.25, 0.3) is 10.9 Å². The molecule has 11 heteroatoms. The van der Waals surface area contributed by atoms with E-state index < -0.39 is 40.7 Å². The molecule has 0 spiro atoms. The minimum atomic E-state index is -1.31. The fourth-order valence-corrected chi connectivity index (χ4v) is 5.61. The number of fused-ring (bicyclic) bond motifs is 1. The Morgan fingerprint density at radius 1 is 1.17 bits per heavy atom. The molecule has 1 aliphatic heterocycles. The predicted molar refractivity (Wildman–Crippen MR) is 149 cm³/mol. The molecule has 1 fully saturated rings. The lowest BCUT2D eigenvalue weighted by Crippen LogP contribution is -2.42. The highest BCUT2D eigenvalue weighted by Crippen LogP contribution is 2.43. The van der Waals surface area contributed by atoms with Crippen LogP contribution in [0.15, 0.2) is 36.5 Å². The van der Waals surface area contributed by atoms with Gasteiger partial charge in [-0.15, -0.1) is 0 Å². The van der Waals surface area contributed by atoms with Crippen LogP contribution in [-0.2, 0) is 4.79 Å². The monoisotopic (exact) mass is 575 g/mol. The van der Waals surface area contributed by atoms with Gasteiger partial charge in [-0.05, 0) is 62.4 Å². The number of carboxylic acid groups (broad SMARTS) is 1. The van der Waals surface area contributed by atoms with E-state index in [4.69, 9.17) is 9.47 Å². The van der Waals surface area contributed by atoms with Crippen LogP contribution >= 0.6 is 0 Å². The summed E-state index contributed by atoms with van der Waals surface area (Å²) in [5.41, 5.74) is 1.71. The molecule has 0 saturated carbocycles. The van der Waals surface area contributed by atoms with Gasteiger partial charge in [0.1, 0.15) is 18.2 Å². The average molecular weight is 576 g/mol. The first kappa shape index (κ1) is 30.4. The summed E-state index contributed by atoms with van der Waals surface area (Å²) < 4.78 is 51.4. The Morgan fingerprint density at radius 2 is 1.90 bits per heavy atom. The molecule has 0 amide bonds. The molecule has 0 aliphatic carbocycles. The SMILES string of the molecule is COc1ccc2ncc(N(C)C)c([C@H](O)CCC3(CC(=O)O)CCN(CCOc4cc(F)cc(F)c4F)CC3)c2c1. The Morgan fingerprint density at radius 3 is 2.56 bits per heavy atom. The van der Waals surface area contributed by atoms with Gasteiger partial charge in [-0.3, -0.25) is 14.7 Å². The molecule has 0 bridgehead atoms. The van der Waals surface area contributed by atoms with Crippen molar-refractivity contribution in [3.8, 4) is 11.5 Å². The number of ether oxygens (including phenoxy) is 2. The van der Waals surface area contributed by atoms with Gasteiger partial charge in [0.05, 0.1) is 37.0 Å². The van der Waals surface area contributed by atoms with Crippen molar-refractivity contribution in [2.24, 2.45) is 5.41 Å². The summed E-state index contributed by atoms with van der Waals surface area (Å²) >= 11 is 0. The van der Waals surface area contributed by atoms with Gasteiger partial charge in [-0.25, -0.2) is 8.78 Å². The molecule has 1 atom stereocenters. The summed E-state index contributed by atoms with van der Waals surface area (Å²) in [5.74, 6) is -4.20. The summed E-state index contributed by atoms with van der Waals surface area (Å²) in [6, 6.07) is 6.77. The van der Waals surface area contributed by atoms with Crippen molar-refractivity contribution in [2.75, 3.05) is 52.3 Å². The van der Waals surface area contributed by atoms with Gasteiger partial charge in [0.2, 0.25) is 5.82 Å². The molecular weight excluding hydrogens is 539 g/mol. The van der Waals surface area contributed by atoms with Crippen molar-refractivity contribution in [3.05, 3.63) is 59.5 Å². The number of halogens is 3. The second-order valence-corrected chi connectivity index (χ2v) is 10.8. The van der Waals surface area contributed by atoms with Crippen molar-refractivity contribution in [1.29, 1.82) is 0 Å². The molecule has 2 heterocycles. The number of aliphatic hydroxyl groups excluding tert-OH is 1. The Hall–Kier alpha value is -3.57. The first-order chi connectivity index (χ1) is 19.5. The molecule has 4 rings (SSSR count). The molecule has 222 valence electrons. The zero-order valence-electron chi connectivity index (χ0n) is 23.5. The zero-order chi connectivity index (χ0) is 29.7. The molecule has 2 N–H and O–H groups in total. The van der Waals surface area contributed by atoms with E-state index >= 15 is 0 Å². The third kappa shape index (κ3) is 7.20. The maximum Gasteiger partial charge on any atom is 0.303 e. The first-order valence-electron chi connectivity index (χ1n) is 13.6. The standard InChI is InChI=1S/C30H36F3N3O5/c1-35(2)24-18-34-23-5-4-20(40-3)16-21(23)28(24)25(37)6-7-30(17-27(38)39)8-10-36(11-9-30)12-13-41-26-15-19(31)14-22(32)29(26)33/h4-5,14-16,18,25,37H,6-13,17H2,1-3H3,(H,38,39)/t25-/m1/s1. The Balaban J connectivity index is 1.43. The van der Waals surface area contributed by atoms with E-state index in [2.05, 4.69) is 9.88 Å². The van der Waals surface area contributed by atoms with E-state index in [9.17, 15) is 28.2 Å². The minimum Gasteiger partial charge on any atom is -0.497 e. The summed E-state index contributed by atoms with van der Waals surface area (Å²) in [5, 5.41) is 22.0. The number of piperidine rings is 1.